The molecule has 0 aliphatic rings. The average Bonchev–Trinajstić information content (AvgIpc) is 2.38. The van der Waals surface area contributed by atoms with Gasteiger partial charge < -0.3 is 5.32 Å². The molecule has 0 saturated carbocycles. The molecule has 0 radical (unpaired) electrons. The van der Waals surface area contributed by atoms with Crippen molar-refractivity contribution in [2.24, 2.45) is 0 Å². The van der Waals surface area contributed by atoms with E-state index in [1.807, 2.05) is 0 Å². The fourth-order valence-electron chi connectivity index (χ4n) is 2.15. The lowest BCUT2D eigenvalue weighted by Gasteiger charge is -2.22. The molecule has 0 amide bonds. The summed E-state index contributed by atoms with van der Waals surface area (Å²) in [5.41, 5.74) is 2.93. The largest absolute Gasteiger partial charge is 0.310 e. The summed E-state index contributed by atoms with van der Waals surface area (Å²) in [5.74, 6) is 2.74. The van der Waals surface area contributed by atoms with Crippen LogP contribution >= 0.6 is 0 Å². The van der Waals surface area contributed by atoms with Crippen molar-refractivity contribution in [2.45, 2.75) is 58.4 Å². The number of hydrogen-bond acceptors (Lipinski definition) is 1. The third-order valence-corrected chi connectivity index (χ3v) is 3.40. The third-order valence-electron chi connectivity index (χ3n) is 3.40. The minimum Gasteiger partial charge on any atom is -0.310 e. The normalized spacial score (nSPS) is 13.0. The van der Waals surface area contributed by atoms with Crippen molar-refractivity contribution in [2.75, 3.05) is 6.54 Å². The fraction of sp³-hybridized carbons (Fsp3) is 0.556. The van der Waals surface area contributed by atoms with Gasteiger partial charge >= 0.3 is 0 Å². The van der Waals surface area contributed by atoms with Crippen LogP contribution in [-0.4, -0.2) is 6.54 Å². The van der Waals surface area contributed by atoms with Crippen molar-refractivity contribution in [3.63, 3.8) is 0 Å². The first kappa shape index (κ1) is 15.8. The zero-order valence-corrected chi connectivity index (χ0v) is 12.8. The van der Waals surface area contributed by atoms with Crippen LogP contribution in [0.4, 0.5) is 0 Å². The minimum absolute atomic E-state index is 0.212. The Balaban J connectivity index is 2.81. The topological polar surface area (TPSA) is 12.0 Å². The molecule has 1 aromatic rings. The Labute approximate surface area is 118 Å². The Bertz CT molecular complexity index is 403. The highest BCUT2D eigenvalue weighted by Crippen LogP contribution is 2.25. The Kier molecular flexibility index (Phi) is 6.12. The summed E-state index contributed by atoms with van der Waals surface area (Å²) in [4.78, 5) is 0. The molecule has 0 aliphatic carbocycles. The van der Waals surface area contributed by atoms with Crippen LogP contribution in [0.25, 0.3) is 0 Å². The van der Waals surface area contributed by atoms with Crippen LogP contribution in [0.2, 0.25) is 0 Å². The van der Waals surface area contributed by atoms with Crippen LogP contribution in [0, 0.1) is 12.3 Å². The van der Waals surface area contributed by atoms with Crippen molar-refractivity contribution >= 4 is 0 Å². The van der Waals surface area contributed by atoms with Crippen LogP contribution in [0.15, 0.2) is 24.3 Å². The molecule has 0 aromatic heterocycles. The molecular weight excluding hydrogens is 230 g/mol. The number of terminal acetylenes is 1. The van der Waals surface area contributed by atoms with E-state index in [2.05, 4.69) is 63.2 Å². The molecule has 19 heavy (non-hydrogen) atoms. The first-order valence-electron chi connectivity index (χ1n) is 7.26. The molecular formula is C18H27N. The number of nitrogens with one attached hydrogen (secondary N) is 1. The standard InChI is InChI=1S/C18H27N/c1-6-8-9-17(19-14-7-2)15-10-12-16(13-11-15)18(3,4)5/h1,10-13,17,19H,7-9,14H2,2-5H3. The van der Waals surface area contributed by atoms with Crippen LogP contribution in [-0.2, 0) is 5.41 Å². The lowest BCUT2D eigenvalue weighted by molar-refractivity contribution is 0.505. The Morgan fingerprint density at radius 2 is 1.84 bits per heavy atom. The van der Waals surface area contributed by atoms with Gasteiger partial charge in [0.05, 0.1) is 0 Å². The second-order valence-corrected chi connectivity index (χ2v) is 6.12. The molecule has 0 spiro atoms. The summed E-state index contributed by atoms with van der Waals surface area (Å²) in [6, 6.07) is 9.34. The molecule has 104 valence electrons. The lowest BCUT2D eigenvalue weighted by Crippen LogP contribution is -2.22. The van der Waals surface area contributed by atoms with Crippen molar-refractivity contribution in [1.82, 2.24) is 5.32 Å². The molecule has 1 nitrogen and oxygen atoms in total. The van der Waals surface area contributed by atoms with Gasteiger partial charge in [0.25, 0.3) is 0 Å². The van der Waals surface area contributed by atoms with E-state index in [1.54, 1.807) is 0 Å². The lowest BCUT2D eigenvalue weighted by atomic mass is 9.86. The zero-order valence-electron chi connectivity index (χ0n) is 12.8. The Hall–Kier alpha value is -1.26. The average molecular weight is 257 g/mol. The van der Waals surface area contributed by atoms with Crippen molar-refractivity contribution in [3.05, 3.63) is 35.4 Å². The van der Waals surface area contributed by atoms with Crippen molar-refractivity contribution in [1.29, 1.82) is 0 Å². The SMILES string of the molecule is C#CCCC(NCCC)c1ccc(C(C)(C)C)cc1. The summed E-state index contributed by atoms with van der Waals surface area (Å²) in [6.07, 6.45) is 8.36. The van der Waals surface area contributed by atoms with Crippen LogP contribution in [0.3, 0.4) is 0 Å². The molecule has 0 aliphatic heterocycles. The molecule has 1 heteroatoms. The van der Waals surface area contributed by atoms with Crippen molar-refractivity contribution in [3.8, 4) is 12.3 Å². The maximum absolute atomic E-state index is 5.39. The predicted octanol–water partition coefficient (Wildman–Crippen LogP) is 4.44. The number of benzene rings is 1. The van der Waals surface area contributed by atoms with Gasteiger partial charge in [-0.05, 0) is 35.9 Å². The van der Waals surface area contributed by atoms with Gasteiger partial charge in [-0.25, -0.2) is 0 Å². The predicted molar refractivity (Wildman–Crippen MR) is 84.2 cm³/mol. The smallest absolute Gasteiger partial charge is 0.0329 e. The van der Waals surface area contributed by atoms with Gasteiger partial charge in [0.15, 0.2) is 0 Å². The highest BCUT2D eigenvalue weighted by atomic mass is 14.9. The third kappa shape index (κ3) is 5.09. The maximum atomic E-state index is 5.39. The summed E-state index contributed by atoms with van der Waals surface area (Å²) >= 11 is 0. The molecule has 1 unspecified atom stereocenters. The van der Waals surface area contributed by atoms with E-state index in [1.165, 1.54) is 11.1 Å². The van der Waals surface area contributed by atoms with E-state index >= 15 is 0 Å². The Morgan fingerprint density at radius 3 is 2.32 bits per heavy atom. The fourth-order valence-corrected chi connectivity index (χ4v) is 2.15. The van der Waals surface area contributed by atoms with E-state index in [9.17, 15) is 0 Å². The number of rotatable bonds is 6. The summed E-state index contributed by atoms with van der Waals surface area (Å²) in [7, 11) is 0. The van der Waals surface area contributed by atoms with Gasteiger partial charge in [-0.1, -0.05) is 52.0 Å². The monoisotopic (exact) mass is 257 g/mol. The van der Waals surface area contributed by atoms with Crippen LogP contribution < -0.4 is 5.32 Å². The summed E-state index contributed by atoms with van der Waals surface area (Å²) in [6.45, 7) is 9.96. The molecule has 0 fully saturated rings. The molecule has 0 bridgehead atoms. The van der Waals surface area contributed by atoms with Gasteiger partial charge in [-0.15, -0.1) is 12.3 Å². The highest BCUT2D eigenvalue weighted by Gasteiger charge is 2.15. The molecule has 1 aromatic carbocycles. The van der Waals surface area contributed by atoms with E-state index in [0.29, 0.717) is 6.04 Å². The minimum atomic E-state index is 0.212. The molecule has 1 atom stereocenters. The Morgan fingerprint density at radius 1 is 1.21 bits per heavy atom. The first-order chi connectivity index (χ1) is 8.99. The van der Waals surface area contributed by atoms with E-state index in [0.717, 1.165) is 25.8 Å². The van der Waals surface area contributed by atoms with Gasteiger partial charge in [-0.3, -0.25) is 0 Å². The molecule has 0 heterocycles. The van der Waals surface area contributed by atoms with E-state index in [-0.39, 0.29) is 5.41 Å². The van der Waals surface area contributed by atoms with E-state index in [4.69, 9.17) is 6.42 Å². The van der Waals surface area contributed by atoms with Crippen molar-refractivity contribution < 1.29 is 0 Å². The van der Waals surface area contributed by atoms with Gasteiger partial charge in [0, 0.05) is 12.5 Å². The van der Waals surface area contributed by atoms with Crippen LogP contribution in [0.5, 0.6) is 0 Å². The second-order valence-electron chi connectivity index (χ2n) is 6.12. The second kappa shape index (κ2) is 7.36. The van der Waals surface area contributed by atoms with Gasteiger partial charge in [-0.2, -0.15) is 0 Å². The quantitative estimate of drug-likeness (QED) is 0.743. The molecule has 1 N–H and O–H groups in total. The van der Waals surface area contributed by atoms with Gasteiger partial charge in [0.2, 0.25) is 0 Å². The summed E-state index contributed by atoms with van der Waals surface area (Å²) in [5, 5.41) is 3.58. The highest BCUT2D eigenvalue weighted by molar-refractivity contribution is 5.29. The summed E-state index contributed by atoms with van der Waals surface area (Å²) < 4.78 is 0. The first-order valence-corrected chi connectivity index (χ1v) is 7.26. The van der Waals surface area contributed by atoms with E-state index < -0.39 is 0 Å². The molecule has 1 rings (SSSR count). The van der Waals surface area contributed by atoms with Crippen LogP contribution in [0.1, 0.15) is 64.1 Å². The number of hydrogen-bond donors (Lipinski definition) is 1. The molecule has 0 saturated heterocycles. The zero-order chi connectivity index (χ0) is 14.3. The maximum Gasteiger partial charge on any atom is 0.0329 e. The van der Waals surface area contributed by atoms with Gasteiger partial charge in [0.1, 0.15) is 0 Å².